The minimum Gasteiger partial charge on any atom is -0.444 e. The number of fused-ring (bicyclic) bond motifs is 2. The molecule has 2 aromatic carbocycles. The van der Waals surface area contributed by atoms with Crippen molar-refractivity contribution in [3.8, 4) is 11.5 Å². The summed E-state index contributed by atoms with van der Waals surface area (Å²) in [6, 6.07) is 12.5. The van der Waals surface area contributed by atoms with Gasteiger partial charge >= 0.3 is 0 Å². The van der Waals surface area contributed by atoms with Crippen molar-refractivity contribution in [2.24, 2.45) is 0 Å². The summed E-state index contributed by atoms with van der Waals surface area (Å²) >= 11 is 9.45. The maximum absolute atomic E-state index is 14.8. The van der Waals surface area contributed by atoms with Crippen molar-refractivity contribution < 1.29 is 18.6 Å². The van der Waals surface area contributed by atoms with Gasteiger partial charge in [-0.1, -0.05) is 23.7 Å². The quantitative estimate of drug-likeness (QED) is 0.219. The molecular weight excluding hydrogens is 599 g/mol. The predicted molar refractivity (Wildman–Crippen MR) is 153 cm³/mol. The Morgan fingerprint density at radius 1 is 1.12 bits per heavy atom. The summed E-state index contributed by atoms with van der Waals surface area (Å²) in [5.41, 5.74) is 3.43. The smallest absolute Gasteiger partial charge is 0.278 e. The van der Waals surface area contributed by atoms with Crippen LogP contribution in [0.3, 0.4) is 0 Å². The van der Waals surface area contributed by atoms with Gasteiger partial charge in [0.05, 0.1) is 42.0 Å². The lowest BCUT2D eigenvalue weighted by Crippen LogP contribution is -2.35. The third kappa shape index (κ3) is 4.76. The fraction of sp³-hybridized carbons (Fsp3) is 0.400. The van der Waals surface area contributed by atoms with Crippen molar-refractivity contribution in [3.05, 3.63) is 81.1 Å². The molecule has 2 fully saturated rings. The second-order valence-electron chi connectivity index (χ2n) is 10.9. The summed E-state index contributed by atoms with van der Waals surface area (Å²) in [4.78, 5) is 11.9. The van der Waals surface area contributed by atoms with E-state index >= 15 is 0 Å². The van der Waals surface area contributed by atoms with E-state index in [0.29, 0.717) is 28.0 Å². The number of hydrogen-bond acceptors (Lipinski definition) is 6. The third-order valence-electron chi connectivity index (χ3n) is 8.28. The number of piperidine rings is 1. The highest BCUT2D eigenvalue weighted by atomic mass is 79.9. The van der Waals surface area contributed by atoms with Crippen LogP contribution in [0.4, 0.5) is 4.39 Å². The van der Waals surface area contributed by atoms with Crippen LogP contribution >= 0.6 is 27.5 Å². The highest BCUT2D eigenvalue weighted by molar-refractivity contribution is 9.10. The van der Waals surface area contributed by atoms with E-state index in [2.05, 4.69) is 36.4 Å². The molecule has 0 spiro atoms. The molecule has 5 heterocycles. The number of nitrogens with zero attached hydrogens (tertiary/aromatic N) is 4. The zero-order chi connectivity index (χ0) is 27.4. The lowest BCUT2D eigenvalue weighted by Gasteiger charge is -2.33. The Bertz CT molecular complexity index is 1590. The first kappa shape index (κ1) is 26.2. The van der Waals surface area contributed by atoms with Crippen LogP contribution in [0, 0.1) is 5.82 Å². The highest BCUT2D eigenvalue weighted by Crippen LogP contribution is 2.49. The number of para-hydroxylation sites is 1. The van der Waals surface area contributed by atoms with Crippen LogP contribution in [-0.4, -0.2) is 45.2 Å². The Balaban J connectivity index is 1.07. The molecule has 2 atom stereocenters. The van der Waals surface area contributed by atoms with E-state index in [-0.39, 0.29) is 6.10 Å². The summed E-state index contributed by atoms with van der Waals surface area (Å²) in [5.74, 6) is 1.01. The van der Waals surface area contributed by atoms with Crippen molar-refractivity contribution in [2.45, 2.75) is 57.1 Å². The van der Waals surface area contributed by atoms with E-state index in [4.69, 9.17) is 30.8 Å². The molecule has 0 radical (unpaired) electrons. The molecule has 10 heteroatoms. The van der Waals surface area contributed by atoms with Gasteiger partial charge in [-0.3, -0.25) is 4.90 Å². The number of likely N-dealkylation sites (tertiary alicyclic amines) is 1. The molecule has 7 rings (SSSR count). The number of pyridine rings is 1. The van der Waals surface area contributed by atoms with Gasteiger partial charge in [0, 0.05) is 24.1 Å². The van der Waals surface area contributed by atoms with E-state index < -0.39 is 11.6 Å². The van der Waals surface area contributed by atoms with Gasteiger partial charge in [0.25, 0.3) is 5.79 Å². The molecule has 0 saturated carbocycles. The fourth-order valence-electron chi connectivity index (χ4n) is 6.04. The molecule has 0 amide bonds. The number of rotatable bonds is 6. The molecule has 3 aliphatic heterocycles. The Hall–Kier alpha value is -2.72. The van der Waals surface area contributed by atoms with Crippen LogP contribution in [0.15, 0.2) is 53.3 Å². The van der Waals surface area contributed by atoms with Crippen LogP contribution in [0.5, 0.6) is 11.5 Å². The SMILES string of the molecule is CC1(c2ccc(Cl)cc2F)Oc2cccc(C3CCN(Cc4nc5cc(Br)ncc5n4CC4CCO4)CC3)c2O1. The molecule has 3 aliphatic rings. The predicted octanol–water partition coefficient (Wildman–Crippen LogP) is 6.80. The number of halogens is 3. The Morgan fingerprint density at radius 3 is 2.70 bits per heavy atom. The molecule has 40 heavy (non-hydrogen) atoms. The number of benzene rings is 2. The molecule has 4 aromatic rings. The second-order valence-corrected chi connectivity index (χ2v) is 12.2. The van der Waals surface area contributed by atoms with Gasteiger partial charge in [0.2, 0.25) is 0 Å². The van der Waals surface area contributed by atoms with E-state index in [9.17, 15) is 4.39 Å². The Labute approximate surface area is 245 Å². The van der Waals surface area contributed by atoms with Crippen LogP contribution in [0.2, 0.25) is 5.02 Å². The summed E-state index contributed by atoms with van der Waals surface area (Å²) in [6.45, 7) is 6.01. The van der Waals surface area contributed by atoms with E-state index in [0.717, 1.165) is 79.1 Å². The van der Waals surface area contributed by atoms with E-state index in [1.165, 1.54) is 6.07 Å². The summed E-state index contributed by atoms with van der Waals surface area (Å²) < 4.78 is 36.1. The standard InChI is InChI=1S/C30H29BrClFN4O3/c1-30(22-6-5-19(32)13-23(22)33)39-26-4-2-3-21(29(26)40-30)18-7-10-36(11-8-18)17-28-35-24-14-27(31)34-15-25(24)37(28)16-20-9-12-38-20/h2-6,13-15,18,20H,7-12,16-17H2,1H3. The van der Waals surface area contributed by atoms with Crippen molar-refractivity contribution in [2.75, 3.05) is 19.7 Å². The largest absolute Gasteiger partial charge is 0.444 e. The molecule has 2 aromatic heterocycles. The Kier molecular flexibility index (Phi) is 6.73. The van der Waals surface area contributed by atoms with Gasteiger partial charge in [-0.15, -0.1) is 0 Å². The molecule has 0 aliphatic carbocycles. The molecule has 0 N–H and O–H groups in total. The zero-order valence-electron chi connectivity index (χ0n) is 22.1. The number of imidazole rings is 1. The van der Waals surface area contributed by atoms with Crippen LogP contribution in [0.1, 0.15) is 49.1 Å². The zero-order valence-corrected chi connectivity index (χ0v) is 24.4. The van der Waals surface area contributed by atoms with Crippen molar-refractivity contribution in [3.63, 3.8) is 0 Å². The summed E-state index contributed by atoms with van der Waals surface area (Å²) in [7, 11) is 0. The lowest BCUT2D eigenvalue weighted by atomic mass is 9.88. The van der Waals surface area contributed by atoms with Gasteiger partial charge in [-0.05, 0) is 84.5 Å². The van der Waals surface area contributed by atoms with Crippen molar-refractivity contribution in [1.29, 1.82) is 0 Å². The van der Waals surface area contributed by atoms with Crippen molar-refractivity contribution >= 4 is 38.6 Å². The number of hydrogen-bond donors (Lipinski definition) is 0. The summed E-state index contributed by atoms with van der Waals surface area (Å²) in [6.07, 6.45) is 5.16. The molecule has 2 unspecified atom stereocenters. The molecule has 7 nitrogen and oxygen atoms in total. The van der Waals surface area contributed by atoms with Gasteiger partial charge in [0.15, 0.2) is 11.5 Å². The topological polar surface area (TPSA) is 61.6 Å². The first-order valence-corrected chi connectivity index (χ1v) is 14.8. The highest BCUT2D eigenvalue weighted by Gasteiger charge is 2.43. The molecular formula is C30H29BrClFN4O3. The number of ether oxygens (including phenoxy) is 3. The molecule has 208 valence electrons. The average molecular weight is 628 g/mol. The van der Waals surface area contributed by atoms with Crippen molar-refractivity contribution in [1.82, 2.24) is 19.4 Å². The number of aromatic nitrogens is 3. The Morgan fingerprint density at radius 2 is 1.95 bits per heavy atom. The second kappa shape index (κ2) is 10.3. The molecule has 2 saturated heterocycles. The van der Waals surface area contributed by atoms with Crippen LogP contribution < -0.4 is 9.47 Å². The lowest BCUT2D eigenvalue weighted by molar-refractivity contribution is -0.0712. The first-order chi connectivity index (χ1) is 19.4. The maximum atomic E-state index is 14.8. The third-order valence-corrected chi connectivity index (χ3v) is 8.95. The van der Waals surface area contributed by atoms with E-state index in [1.807, 2.05) is 24.4 Å². The van der Waals surface area contributed by atoms with Gasteiger partial charge in [-0.25, -0.2) is 14.4 Å². The van der Waals surface area contributed by atoms with Gasteiger partial charge in [0.1, 0.15) is 16.2 Å². The van der Waals surface area contributed by atoms with Crippen LogP contribution in [-0.2, 0) is 23.6 Å². The van der Waals surface area contributed by atoms with E-state index in [1.54, 1.807) is 19.1 Å². The van der Waals surface area contributed by atoms with Gasteiger partial charge < -0.3 is 18.8 Å². The fourth-order valence-corrected chi connectivity index (χ4v) is 6.52. The normalized spacial score (nSPS) is 23.1. The minimum absolute atomic E-state index is 0.236. The maximum Gasteiger partial charge on any atom is 0.278 e. The molecule has 0 bridgehead atoms. The monoisotopic (exact) mass is 626 g/mol. The van der Waals surface area contributed by atoms with Gasteiger partial charge in [-0.2, -0.15) is 0 Å². The minimum atomic E-state index is -1.25. The summed E-state index contributed by atoms with van der Waals surface area (Å²) in [5, 5.41) is 0.337. The average Bonchev–Trinajstić information content (AvgIpc) is 3.42. The van der Waals surface area contributed by atoms with Crippen LogP contribution in [0.25, 0.3) is 11.0 Å². The first-order valence-electron chi connectivity index (χ1n) is 13.7.